The lowest BCUT2D eigenvalue weighted by Gasteiger charge is -2.17. The highest BCUT2D eigenvalue weighted by molar-refractivity contribution is 5.86. The molecule has 2 aromatic carbocycles. The number of aromatic nitrogens is 3. The molecule has 1 N–H and O–H groups in total. The summed E-state index contributed by atoms with van der Waals surface area (Å²) >= 11 is 0. The molecule has 2 heterocycles. The Kier molecular flexibility index (Phi) is 5.12. The highest BCUT2D eigenvalue weighted by atomic mass is 16.1. The van der Waals surface area contributed by atoms with Gasteiger partial charge in [0.15, 0.2) is 0 Å². The molecule has 0 fully saturated rings. The van der Waals surface area contributed by atoms with E-state index in [-0.39, 0.29) is 11.9 Å². The van der Waals surface area contributed by atoms with Crippen molar-refractivity contribution in [2.24, 2.45) is 0 Å². The minimum atomic E-state index is -0.0756. The molecule has 0 radical (unpaired) electrons. The number of hydrogen-bond acceptors (Lipinski definition) is 3. The maximum Gasteiger partial charge on any atom is 0.224 e. The van der Waals surface area contributed by atoms with Crippen molar-refractivity contribution in [2.75, 3.05) is 0 Å². The van der Waals surface area contributed by atoms with Crippen molar-refractivity contribution < 1.29 is 4.79 Å². The van der Waals surface area contributed by atoms with E-state index < -0.39 is 0 Å². The number of nitrogens with one attached hydrogen (secondary N) is 1. The Hall–Kier alpha value is -3.47. The van der Waals surface area contributed by atoms with Gasteiger partial charge in [0.25, 0.3) is 0 Å². The SMILES string of the molecule is Cc1nc2ccccc2c(C)c1CC(=O)N[C@H](C)c1ccc(-n2ccnc2)cc1. The molecule has 0 saturated carbocycles. The number of aryl methyl sites for hydroxylation is 2. The first kappa shape index (κ1) is 18.9. The molecule has 5 heteroatoms. The second-order valence-corrected chi connectivity index (χ2v) is 7.35. The van der Waals surface area contributed by atoms with Crippen LogP contribution in [0.2, 0.25) is 0 Å². The van der Waals surface area contributed by atoms with Crippen LogP contribution in [0.15, 0.2) is 67.3 Å². The fourth-order valence-corrected chi connectivity index (χ4v) is 3.71. The van der Waals surface area contributed by atoms with E-state index >= 15 is 0 Å². The predicted molar refractivity (Wildman–Crippen MR) is 115 cm³/mol. The van der Waals surface area contributed by atoms with Gasteiger partial charge in [-0.1, -0.05) is 30.3 Å². The van der Waals surface area contributed by atoms with Crippen LogP contribution in [0.5, 0.6) is 0 Å². The third kappa shape index (κ3) is 3.90. The Labute approximate surface area is 170 Å². The van der Waals surface area contributed by atoms with Crippen LogP contribution in [-0.4, -0.2) is 20.4 Å². The largest absolute Gasteiger partial charge is 0.349 e. The highest BCUT2D eigenvalue weighted by Gasteiger charge is 2.15. The predicted octanol–water partition coefficient (Wildman–Crippen LogP) is 4.46. The van der Waals surface area contributed by atoms with Gasteiger partial charge in [-0.3, -0.25) is 9.78 Å². The van der Waals surface area contributed by atoms with Crippen LogP contribution in [0.1, 0.15) is 35.3 Å². The molecule has 1 amide bonds. The second-order valence-electron chi connectivity index (χ2n) is 7.35. The molecule has 146 valence electrons. The number of carbonyl (C=O) groups is 1. The summed E-state index contributed by atoms with van der Waals surface area (Å²) in [5.41, 5.74) is 6.11. The van der Waals surface area contributed by atoms with Gasteiger partial charge in [0.1, 0.15) is 0 Å². The van der Waals surface area contributed by atoms with E-state index in [2.05, 4.69) is 28.3 Å². The Morgan fingerprint density at radius 2 is 1.86 bits per heavy atom. The fraction of sp³-hybridized carbons (Fsp3) is 0.208. The smallest absolute Gasteiger partial charge is 0.224 e. The number of carbonyl (C=O) groups excluding carboxylic acids is 1. The number of fused-ring (bicyclic) bond motifs is 1. The average Bonchev–Trinajstić information content (AvgIpc) is 3.26. The van der Waals surface area contributed by atoms with Crippen molar-refractivity contribution in [2.45, 2.75) is 33.2 Å². The van der Waals surface area contributed by atoms with Crippen molar-refractivity contribution in [3.63, 3.8) is 0 Å². The van der Waals surface area contributed by atoms with E-state index in [4.69, 9.17) is 0 Å². The van der Waals surface area contributed by atoms with Crippen molar-refractivity contribution in [1.29, 1.82) is 0 Å². The van der Waals surface area contributed by atoms with Crippen LogP contribution in [0.4, 0.5) is 0 Å². The standard InChI is InChI=1S/C24H24N4O/c1-16-21-6-4-5-7-23(21)26-18(3)22(16)14-24(29)27-17(2)19-8-10-20(11-9-19)28-13-12-25-15-28/h4-13,15,17H,14H2,1-3H3,(H,27,29)/t17-/m1/s1. The monoisotopic (exact) mass is 384 g/mol. The molecule has 0 aliphatic heterocycles. The fourth-order valence-electron chi connectivity index (χ4n) is 3.71. The lowest BCUT2D eigenvalue weighted by molar-refractivity contribution is -0.121. The zero-order chi connectivity index (χ0) is 20.4. The lowest BCUT2D eigenvalue weighted by Crippen LogP contribution is -2.28. The summed E-state index contributed by atoms with van der Waals surface area (Å²) in [5, 5.41) is 4.22. The van der Waals surface area contributed by atoms with E-state index in [1.807, 2.05) is 67.1 Å². The summed E-state index contributed by atoms with van der Waals surface area (Å²) in [6.45, 7) is 6.04. The number of para-hydroxylation sites is 1. The molecular weight excluding hydrogens is 360 g/mol. The van der Waals surface area contributed by atoms with Crippen molar-refractivity contribution in [3.05, 3.63) is 89.6 Å². The topological polar surface area (TPSA) is 59.8 Å². The molecule has 0 saturated heterocycles. The quantitative estimate of drug-likeness (QED) is 0.553. The maximum absolute atomic E-state index is 12.7. The van der Waals surface area contributed by atoms with Gasteiger partial charge >= 0.3 is 0 Å². The first-order chi connectivity index (χ1) is 14.0. The number of nitrogens with zero attached hydrogens (tertiary/aromatic N) is 3. The van der Waals surface area contributed by atoms with Crippen LogP contribution >= 0.6 is 0 Å². The van der Waals surface area contributed by atoms with Crippen molar-refractivity contribution >= 4 is 16.8 Å². The first-order valence-electron chi connectivity index (χ1n) is 9.75. The van der Waals surface area contributed by atoms with Gasteiger partial charge in [-0.2, -0.15) is 0 Å². The molecule has 1 atom stereocenters. The van der Waals surface area contributed by atoms with Gasteiger partial charge in [0, 0.05) is 29.2 Å². The molecule has 2 aromatic heterocycles. The first-order valence-corrected chi connectivity index (χ1v) is 9.75. The van der Waals surface area contributed by atoms with Crippen LogP contribution < -0.4 is 5.32 Å². The summed E-state index contributed by atoms with van der Waals surface area (Å²) in [7, 11) is 0. The molecule has 0 spiro atoms. The molecule has 0 aliphatic rings. The van der Waals surface area contributed by atoms with Crippen molar-refractivity contribution in [1.82, 2.24) is 19.9 Å². The zero-order valence-electron chi connectivity index (χ0n) is 16.9. The number of rotatable bonds is 5. The second kappa shape index (κ2) is 7.87. The molecule has 29 heavy (non-hydrogen) atoms. The molecular formula is C24H24N4O. The number of benzene rings is 2. The van der Waals surface area contributed by atoms with Crippen LogP contribution in [0, 0.1) is 13.8 Å². The molecule has 0 aliphatic carbocycles. The van der Waals surface area contributed by atoms with E-state index in [0.29, 0.717) is 6.42 Å². The van der Waals surface area contributed by atoms with Gasteiger partial charge in [0.2, 0.25) is 5.91 Å². The van der Waals surface area contributed by atoms with Gasteiger partial charge in [-0.15, -0.1) is 0 Å². The summed E-state index contributed by atoms with van der Waals surface area (Å²) in [4.78, 5) is 21.5. The van der Waals surface area contributed by atoms with Gasteiger partial charge in [-0.05, 0) is 55.7 Å². The summed E-state index contributed by atoms with van der Waals surface area (Å²) < 4.78 is 1.95. The Bertz CT molecular complexity index is 1150. The normalized spacial score (nSPS) is 12.1. The number of amides is 1. The third-order valence-corrected chi connectivity index (χ3v) is 5.40. The number of imidazole rings is 1. The zero-order valence-corrected chi connectivity index (χ0v) is 16.9. The average molecular weight is 384 g/mol. The van der Waals surface area contributed by atoms with E-state index in [0.717, 1.165) is 39.0 Å². The maximum atomic E-state index is 12.7. The minimum Gasteiger partial charge on any atom is -0.349 e. The molecule has 5 nitrogen and oxygen atoms in total. The minimum absolute atomic E-state index is 0.000493. The van der Waals surface area contributed by atoms with Crippen LogP contribution in [0.3, 0.4) is 0 Å². The van der Waals surface area contributed by atoms with E-state index in [1.54, 1.807) is 12.5 Å². The Morgan fingerprint density at radius 1 is 1.10 bits per heavy atom. The lowest BCUT2D eigenvalue weighted by atomic mass is 9.99. The molecule has 4 aromatic rings. The van der Waals surface area contributed by atoms with E-state index in [1.165, 1.54) is 0 Å². The summed E-state index contributed by atoms with van der Waals surface area (Å²) in [5.74, 6) is -0.000493. The summed E-state index contributed by atoms with van der Waals surface area (Å²) in [6.07, 6.45) is 5.75. The number of hydrogen-bond donors (Lipinski definition) is 1. The highest BCUT2D eigenvalue weighted by Crippen LogP contribution is 2.23. The Morgan fingerprint density at radius 3 is 2.59 bits per heavy atom. The third-order valence-electron chi connectivity index (χ3n) is 5.40. The molecule has 0 bridgehead atoms. The van der Waals surface area contributed by atoms with Crippen molar-refractivity contribution in [3.8, 4) is 5.69 Å². The molecule has 4 rings (SSSR count). The van der Waals surface area contributed by atoms with Gasteiger partial charge in [-0.25, -0.2) is 4.98 Å². The summed E-state index contributed by atoms with van der Waals surface area (Å²) in [6, 6.07) is 16.1. The van der Waals surface area contributed by atoms with Gasteiger partial charge < -0.3 is 9.88 Å². The van der Waals surface area contributed by atoms with Crippen LogP contribution in [0.25, 0.3) is 16.6 Å². The number of pyridine rings is 1. The van der Waals surface area contributed by atoms with Gasteiger partial charge in [0.05, 0.1) is 24.3 Å². The Balaban J connectivity index is 1.48. The van der Waals surface area contributed by atoms with Crippen LogP contribution in [-0.2, 0) is 11.2 Å². The van der Waals surface area contributed by atoms with E-state index in [9.17, 15) is 4.79 Å². The molecule has 0 unspecified atom stereocenters.